The molecule has 2 heterocycles. The van der Waals surface area contributed by atoms with Crippen molar-refractivity contribution in [3.8, 4) is 0 Å². The summed E-state index contributed by atoms with van der Waals surface area (Å²) in [6.07, 6.45) is 6.78. The highest BCUT2D eigenvalue weighted by Crippen LogP contribution is 2.60. The van der Waals surface area contributed by atoms with Crippen molar-refractivity contribution in [1.29, 1.82) is 0 Å². The van der Waals surface area contributed by atoms with E-state index >= 15 is 0 Å². The number of carbonyl (C=O) groups is 2. The molecule has 3 atom stereocenters. The first-order valence-electron chi connectivity index (χ1n) is 12.7. The predicted octanol–water partition coefficient (Wildman–Crippen LogP) is 2.08. The molecule has 194 valence electrons. The van der Waals surface area contributed by atoms with Crippen molar-refractivity contribution >= 4 is 11.9 Å². The highest BCUT2D eigenvalue weighted by atomic mass is 16.6. The number of aryl methyl sites for hydroxylation is 1. The first-order chi connectivity index (χ1) is 17.3. The molecule has 1 saturated heterocycles. The third kappa shape index (κ3) is 4.79. The number of aromatic amines is 1. The van der Waals surface area contributed by atoms with E-state index in [0.717, 1.165) is 19.3 Å². The average molecular weight is 501 g/mol. The zero-order valence-corrected chi connectivity index (χ0v) is 20.4. The van der Waals surface area contributed by atoms with E-state index in [1.54, 1.807) is 6.92 Å². The van der Waals surface area contributed by atoms with Gasteiger partial charge in [0.05, 0.1) is 12.5 Å². The first-order valence-corrected chi connectivity index (χ1v) is 12.7. The Hall–Kier alpha value is -3.11. The number of rotatable bonds is 8. The smallest absolute Gasteiger partial charge is 0.330 e. The fourth-order valence-corrected chi connectivity index (χ4v) is 7.13. The second kappa shape index (κ2) is 9.74. The average Bonchev–Trinajstić information content (AvgIpc) is 3.22. The topological polar surface area (TPSA) is 168 Å². The van der Waals surface area contributed by atoms with Crippen LogP contribution in [0.15, 0.2) is 20.9 Å². The van der Waals surface area contributed by atoms with E-state index in [-0.39, 0.29) is 37.3 Å². The zero-order chi connectivity index (χ0) is 25.4. The number of H-pyrrole nitrogens is 1. The molecule has 5 aliphatic rings. The van der Waals surface area contributed by atoms with Gasteiger partial charge in [-0.2, -0.15) is 0 Å². The molecule has 2 N–H and O–H groups in total. The van der Waals surface area contributed by atoms with Crippen molar-refractivity contribution in [3.05, 3.63) is 43.0 Å². The fourth-order valence-electron chi connectivity index (χ4n) is 7.13. The van der Waals surface area contributed by atoms with Gasteiger partial charge in [0.25, 0.3) is 5.56 Å². The molecule has 12 heteroatoms. The Morgan fingerprint density at radius 3 is 2.53 bits per heavy atom. The van der Waals surface area contributed by atoms with Crippen LogP contribution in [0, 0.1) is 30.1 Å². The highest BCUT2D eigenvalue weighted by Gasteiger charge is 2.54. The number of nitrogens with zero attached hydrogens (tertiary/aromatic N) is 4. The lowest BCUT2D eigenvalue weighted by molar-refractivity contribution is -0.149. The molecule has 0 aromatic carbocycles. The molecule has 4 aliphatic carbocycles. The number of ether oxygens (including phenoxy) is 2. The van der Waals surface area contributed by atoms with E-state index in [1.807, 2.05) is 0 Å². The maximum absolute atomic E-state index is 13.0. The van der Waals surface area contributed by atoms with Crippen molar-refractivity contribution in [1.82, 2.24) is 14.9 Å². The molecular formula is C24H32N6O6. The Bertz CT molecular complexity index is 1160. The maximum atomic E-state index is 13.0. The van der Waals surface area contributed by atoms with Gasteiger partial charge in [-0.25, -0.2) is 4.79 Å². The van der Waals surface area contributed by atoms with Crippen molar-refractivity contribution in [2.75, 3.05) is 13.2 Å². The lowest BCUT2D eigenvalue weighted by Gasteiger charge is -2.55. The van der Waals surface area contributed by atoms with Crippen LogP contribution in [0.5, 0.6) is 0 Å². The number of azide groups is 1. The molecule has 0 radical (unpaired) electrons. The summed E-state index contributed by atoms with van der Waals surface area (Å²) < 4.78 is 12.4. The van der Waals surface area contributed by atoms with Crippen LogP contribution in [0.1, 0.15) is 63.2 Å². The molecule has 0 unspecified atom stereocenters. The molecule has 4 saturated carbocycles. The van der Waals surface area contributed by atoms with Crippen LogP contribution < -0.4 is 16.6 Å². The summed E-state index contributed by atoms with van der Waals surface area (Å²) in [6.45, 7) is 1.62. The first kappa shape index (κ1) is 24.6. The molecular weight excluding hydrogens is 468 g/mol. The summed E-state index contributed by atoms with van der Waals surface area (Å²) in [7, 11) is 0. The van der Waals surface area contributed by atoms with Crippen LogP contribution in [0.3, 0.4) is 0 Å². The van der Waals surface area contributed by atoms with E-state index < -0.39 is 35.6 Å². The fraction of sp³-hybridized carbons (Fsp3) is 0.750. The quantitative estimate of drug-likeness (QED) is 0.240. The number of esters is 1. The Morgan fingerprint density at radius 2 is 1.89 bits per heavy atom. The normalized spacial score (nSPS) is 34.2. The van der Waals surface area contributed by atoms with Gasteiger partial charge in [-0.3, -0.25) is 23.9 Å². The Kier molecular flexibility index (Phi) is 6.65. The SMILES string of the molecule is Cc1cn([C@H]2C[C@H](N=[N+]=[N-])[C@@H](COC(=O)CCNC(=O)C34CC5CC(CC(C5)C3)C4)O2)c(=O)[nH]c1=O. The molecule has 1 amide bonds. The van der Waals surface area contributed by atoms with E-state index in [9.17, 15) is 19.2 Å². The van der Waals surface area contributed by atoms with Gasteiger partial charge in [-0.15, -0.1) is 0 Å². The molecule has 12 nitrogen and oxygen atoms in total. The third-order valence-electron chi connectivity index (χ3n) is 8.40. The Morgan fingerprint density at radius 1 is 1.22 bits per heavy atom. The molecule has 1 aromatic rings. The molecule has 1 aromatic heterocycles. The minimum absolute atomic E-state index is 0.0268. The third-order valence-corrected chi connectivity index (χ3v) is 8.40. The van der Waals surface area contributed by atoms with Gasteiger partial charge in [0.1, 0.15) is 18.9 Å². The number of hydrogen-bond acceptors (Lipinski definition) is 7. The van der Waals surface area contributed by atoms with E-state index in [1.165, 1.54) is 30.0 Å². The number of carbonyl (C=O) groups excluding carboxylic acids is 2. The van der Waals surface area contributed by atoms with E-state index in [0.29, 0.717) is 23.3 Å². The molecule has 36 heavy (non-hydrogen) atoms. The monoisotopic (exact) mass is 500 g/mol. The second-order valence-corrected chi connectivity index (χ2v) is 11.0. The van der Waals surface area contributed by atoms with E-state index in [4.69, 9.17) is 15.0 Å². The van der Waals surface area contributed by atoms with E-state index in [2.05, 4.69) is 20.3 Å². The van der Waals surface area contributed by atoms with Crippen molar-refractivity contribution in [2.24, 2.45) is 28.3 Å². The summed E-state index contributed by atoms with van der Waals surface area (Å²) in [5, 5.41) is 6.69. The zero-order valence-electron chi connectivity index (χ0n) is 20.4. The second-order valence-electron chi connectivity index (χ2n) is 11.0. The van der Waals surface area contributed by atoms with Gasteiger partial charge >= 0.3 is 11.7 Å². The molecule has 5 fully saturated rings. The van der Waals surface area contributed by atoms with Gasteiger partial charge in [0.2, 0.25) is 5.91 Å². The van der Waals surface area contributed by atoms with Gasteiger partial charge in [0.15, 0.2) is 0 Å². The number of nitrogens with one attached hydrogen (secondary N) is 2. The van der Waals surface area contributed by atoms with Crippen molar-refractivity contribution in [3.63, 3.8) is 0 Å². The predicted molar refractivity (Wildman–Crippen MR) is 127 cm³/mol. The van der Waals surface area contributed by atoms with Crippen LogP contribution in [0.2, 0.25) is 0 Å². The molecule has 4 bridgehead atoms. The largest absolute Gasteiger partial charge is 0.463 e. The van der Waals surface area contributed by atoms with Crippen LogP contribution in [0.25, 0.3) is 10.4 Å². The summed E-state index contributed by atoms with van der Waals surface area (Å²) in [6, 6.07) is -0.650. The number of aromatic nitrogens is 2. The molecule has 6 rings (SSSR count). The minimum Gasteiger partial charge on any atom is -0.463 e. The van der Waals surface area contributed by atoms with Gasteiger partial charge in [0, 0.05) is 35.1 Å². The molecule has 1 aliphatic heterocycles. The minimum atomic E-state index is -0.771. The summed E-state index contributed by atoms with van der Waals surface area (Å²) in [5.74, 6) is 1.58. The summed E-state index contributed by atoms with van der Waals surface area (Å²) in [5.41, 5.74) is 7.87. The van der Waals surface area contributed by atoms with Crippen LogP contribution >= 0.6 is 0 Å². The standard InChI is InChI=1S/C24H32N6O6/c1-13-11-30(23(34)27-21(13)32)19-7-17(28-29-25)18(36-19)12-35-20(31)2-3-26-22(33)24-8-14-4-15(9-24)6-16(5-14)10-24/h11,14-19H,2-10,12H2,1H3,(H,26,33)(H,27,32,34)/t14?,15?,16?,17-,18+,19+,24?/m0/s1. The summed E-state index contributed by atoms with van der Waals surface area (Å²) >= 11 is 0. The lowest BCUT2D eigenvalue weighted by Crippen LogP contribution is -2.53. The number of hydrogen-bond donors (Lipinski definition) is 2. The van der Waals surface area contributed by atoms with Gasteiger partial charge in [-0.05, 0) is 68.7 Å². The van der Waals surface area contributed by atoms with Crippen LogP contribution in [-0.2, 0) is 19.1 Å². The Labute approximate surface area is 207 Å². The lowest BCUT2D eigenvalue weighted by atomic mass is 9.49. The van der Waals surface area contributed by atoms with Gasteiger partial charge in [-0.1, -0.05) is 5.11 Å². The van der Waals surface area contributed by atoms with Crippen LogP contribution in [0.4, 0.5) is 0 Å². The maximum Gasteiger partial charge on any atom is 0.330 e. The molecule has 0 spiro atoms. The summed E-state index contributed by atoms with van der Waals surface area (Å²) in [4.78, 5) is 54.3. The van der Waals surface area contributed by atoms with Crippen molar-refractivity contribution in [2.45, 2.75) is 76.7 Å². The number of amides is 1. The van der Waals surface area contributed by atoms with Crippen molar-refractivity contribution < 1.29 is 19.1 Å². The highest BCUT2D eigenvalue weighted by molar-refractivity contribution is 5.83. The Balaban J connectivity index is 1.11. The van der Waals surface area contributed by atoms with Crippen LogP contribution in [-0.4, -0.2) is 46.7 Å². The van der Waals surface area contributed by atoms with Gasteiger partial charge < -0.3 is 14.8 Å².